The molecule has 0 aliphatic heterocycles. The second-order valence-corrected chi connectivity index (χ2v) is 9.19. The van der Waals surface area contributed by atoms with Crippen LogP contribution in [0.1, 0.15) is 45.3 Å². The molecule has 1 heterocycles. The number of carbonyl (C=O) groups excluding carboxylic acids is 2. The van der Waals surface area contributed by atoms with Gasteiger partial charge >= 0.3 is 0 Å². The standard InChI is InChI=1S/C26H26N2O3S/c1-17-7-13-21-22(15-17)32-26(24(21)25(27)30)28-23(29)14-10-18-8-11-20(12-9-18)31-16-19-5-3-2-4-6-19/h2-6,8-12,14,17H,7,13,15-16H2,1H3,(H2,27,30)(H,28,29)/b14-10+. The SMILES string of the molecule is CC1CCc2c(sc(NC(=O)/C=C/c3ccc(OCc4ccccc4)cc3)c2C(N)=O)C1. The summed E-state index contributed by atoms with van der Waals surface area (Å²) in [5, 5.41) is 3.40. The van der Waals surface area contributed by atoms with E-state index in [0.717, 1.165) is 46.6 Å². The molecule has 32 heavy (non-hydrogen) atoms. The predicted molar refractivity (Wildman–Crippen MR) is 129 cm³/mol. The Kier molecular flexibility index (Phi) is 6.71. The van der Waals surface area contributed by atoms with Gasteiger partial charge in [-0.25, -0.2) is 0 Å². The number of nitrogens with two attached hydrogens (primary N) is 1. The van der Waals surface area contributed by atoms with E-state index >= 15 is 0 Å². The van der Waals surface area contributed by atoms with Crippen molar-refractivity contribution in [1.29, 1.82) is 0 Å². The van der Waals surface area contributed by atoms with Crippen molar-refractivity contribution in [2.24, 2.45) is 11.7 Å². The largest absolute Gasteiger partial charge is 0.489 e. The fourth-order valence-electron chi connectivity index (χ4n) is 3.84. The van der Waals surface area contributed by atoms with Crippen molar-refractivity contribution in [1.82, 2.24) is 0 Å². The summed E-state index contributed by atoms with van der Waals surface area (Å²) in [5.41, 5.74) is 9.08. The Bertz CT molecular complexity index is 1130. The Morgan fingerprint density at radius 1 is 1.16 bits per heavy atom. The number of thiophene rings is 1. The minimum atomic E-state index is -0.484. The maximum absolute atomic E-state index is 12.5. The number of rotatable bonds is 7. The fraction of sp³-hybridized carbons (Fsp3) is 0.231. The van der Waals surface area contributed by atoms with Crippen LogP contribution >= 0.6 is 11.3 Å². The van der Waals surface area contributed by atoms with Crippen LogP contribution in [0.15, 0.2) is 60.7 Å². The van der Waals surface area contributed by atoms with Crippen LogP contribution in [0, 0.1) is 5.92 Å². The minimum absolute atomic E-state index is 0.288. The molecule has 3 N–H and O–H groups in total. The molecule has 164 valence electrons. The molecule has 2 aromatic carbocycles. The first-order chi connectivity index (χ1) is 15.5. The summed E-state index contributed by atoms with van der Waals surface area (Å²) < 4.78 is 5.79. The van der Waals surface area contributed by atoms with Crippen molar-refractivity contribution in [2.45, 2.75) is 32.8 Å². The first-order valence-corrected chi connectivity index (χ1v) is 11.5. The van der Waals surface area contributed by atoms with Crippen LogP contribution in [0.3, 0.4) is 0 Å². The molecule has 1 atom stereocenters. The number of hydrogen-bond acceptors (Lipinski definition) is 4. The average molecular weight is 447 g/mol. The van der Waals surface area contributed by atoms with Crippen LogP contribution < -0.4 is 15.8 Å². The molecule has 1 unspecified atom stereocenters. The minimum Gasteiger partial charge on any atom is -0.489 e. The summed E-state index contributed by atoms with van der Waals surface area (Å²) >= 11 is 1.47. The Morgan fingerprint density at radius 2 is 1.91 bits per heavy atom. The van der Waals surface area contributed by atoms with E-state index in [1.165, 1.54) is 17.4 Å². The highest BCUT2D eigenvalue weighted by atomic mass is 32.1. The molecule has 1 aliphatic carbocycles. The lowest BCUT2D eigenvalue weighted by Crippen LogP contribution is -2.18. The third kappa shape index (κ3) is 5.26. The van der Waals surface area contributed by atoms with Crippen molar-refractivity contribution >= 4 is 34.2 Å². The topological polar surface area (TPSA) is 81.4 Å². The van der Waals surface area contributed by atoms with Gasteiger partial charge in [0.25, 0.3) is 5.91 Å². The summed E-state index contributed by atoms with van der Waals surface area (Å²) in [7, 11) is 0. The second kappa shape index (κ2) is 9.83. The van der Waals surface area contributed by atoms with E-state index in [0.29, 0.717) is 23.1 Å². The van der Waals surface area contributed by atoms with Crippen molar-refractivity contribution < 1.29 is 14.3 Å². The lowest BCUT2D eigenvalue weighted by Gasteiger charge is -2.18. The van der Waals surface area contributed by atoms with Crippen molar-refractivity contribution in [3.05, 3.63) is 87.8 Å². The molecule has 0 spiro atoms. The van der Waals surface area contributed by atoms with Crippen LogP contribution in [0.5, 0.6) is 5.75 Å². The molecule has 5 nitrogen and oxygen atoms in total. The van der Waals surface area contributed by atoms with Gasteiger partial charge in [0.1, 0.15) is 17.4 Å². The van der Waals surface area contributed by atoms with E-state index in [4.69, 9.17) is 10.5 Å². The van der Waals surface area contributed by atoms with Gasteiger partial charge in [-0.05, 0) is 60.1 Å². The number of primary amides is 1. The smallest absolute Gasteiger partial charge is 0.251 e. The number of fused-ring (bicyclic) bond motifs is 1. The fourth-order valence-corrected chi connectivity index (χ4v) is 5.26. The van der Waals surface area contributed by atoms with Crippen LogP contribution in [0.4, 0.5) is 5.00 Å². The molecule has 0 radical (unpaired) electrons. The molecule has 1 aromatic heterocycles. The number of carbonyl (C=O) groups is 2. The zero-order valence-electron chi connectivity index (χ0n) is 18.0. The highest BCUT2D eigenvalue weighted by Crippen LogP contribution is 2.39. The van der Waals surface area contributed by atoms with E-state index in [9.17, 15) is 9.59 Å². The lowest BCUT2D eigenvalue weighted by atomic mass is 9.88. The van der Waals surface area contributed by atoms with E-state index in [-0.39, 0.29) is 5.91 Å². The molecule has 0 saturated carbocycles. The molecule has 0 fully saturated rings. The molecular weight excluding hydrogens is 420 g/mol. The number of amides is 2. The molecule has 0 bridgehead atoms. The van der Waals surface area contributed by atoms with Gasteiger partial charge in [0.05, 0.1) is 5.56 Å². The molecule has 0 saturated heterocycles. The molecule has 3 aromatic rings. The summed E-state index contributed by atoms with van der Waals surface area (Å²) in [6, 6.07) is 17.5. The van der Waals surface area contributed by atoms with Crippen LogP contribution in [-0.2, 0) is 24.2 Å². The quantitative estimate of drug-likeness (QED) is 0.489. The highest BCUT2D eigenvalue weighted by Gasteiger charge is 2.26. The number of nitrogens with one attached hydrogen (secondary N) is 1. The van der Waals surface area contributed by atoms with Gasteiger partial charge in [-0.15, -0.1) is 11.3 Å². The van der Waals surface area contributed by atoms with Gasteiger partial charge in [0.15, 0.2) is 0 Å². The number of ether oxygens (including phenoxy) is 1. The van der Waals surface area contributed by atoms with E-state index in [1.807, 2.05) is 54.6 Å². The highest BCUT2D eigenvalue weighted by molar-refractivity contribution is 7.17. The number of anilines is 1. The van der Waals surface area contributed by atoms with E-state index in [2.05, 4.69) is 12.2 Å². The maximum atomic E-state index is 12.5. The van der Waals surface area contributed by atoms with Crippen molar-refractivity contribution in [3.8, 4) is 5.75 Å². The van der Waals surface area contributed by atoms with E-state index < -0.39 is 5.91 Å². The van der Waals surface area contributed by atoms with Crippen LogP contribution in [-0.4, -0.2) is 11.8 Å². The van der Waals surface area contributed by atoms with Gasteiger partial charge in [-0.3, -0.25) is 9.59 Å². The Balaban J connectivity index is 1.38. The third-order valence-corrected chi connectivity index (χ3v) is 6.72. The van der Waals surface area contributed by atoms with E-state index in [1.54, 1.807) is 6.08 Å². The summed E-state index contributed by atoms with van der Waals surface area (Å²) in [5.74, 6) is 0.566. The molecule has 6 heteroatoms. The van der Waals surface area contributed by atoms with Gasteiger partial charge in [-0.1, -0.05) is 49.4 Å². The summed E-state index contributed by atoms with van der Waals surface area (Å²) in [6.45, 7) is 2.70. The predicted octanol–water partition coefficient (Wildman–Crippen LogP) is 5.20. The molecule has 1 aliphatic rings. The number of benzene rings is 2. The molecular formula is C26H26N2O3S. The van der Waals surface area contributed by atoms with Crippen LogP contribution in [0.25, 0.3) is 6.08 Å². The third-order valence-electron chi connectivity index (χ3n) is 5.55. The Hall–Kier alpha value is -3.38. The Labute approximate surface area is 191 Å². The summed E-state index contributed by atoms with van der Waals surface area (Å²) in [6.07, 6.45) is 5.98. The van der Waals surface area contributed by atoms with Crippen molar-refractivity contribution in [3.63, 3.8) is 0 Å². The van der Waals surface area contributed by atoms with Crippen molar-refractivity contribution in [2.75, 3.05) is 5.32 Å². The molecule has 2 amide bonds. The maximum Gasteiger partial charge on any atom is 0.251 e. The molecule has 4 rings (SSSR count). The zero-order chi connectivity index (χ0) is 22.5. The zero-order valence-corrected chi connectivity index (χ0v) is 18.8. The van der Waals surface area contributed by atoms with Gasteiger partial charge in [-0.2, -0.15) is 0 Å². The van der Waals surface area contributed by atoms with Gasteiger partial charge < -0.3 is 15.8 Å². The Morgan fingerprint density at radius 3 is 2.62 bits per heavy atom. The monoisotopic (exact) mass is 446 g/mol. The summed E-state index contributed by atoms with van der Waals surface area (Å²) in [4.78, 5) is 25.7. The van der Waals surface area contributed by atoms with Gasteiger partial charge in [0.2, 0.25) is 5.91 Å². The van der Waals surface area contributed by atoms with Gasteiger partial charge in [0, 0.05) is 11.0 Å². The average Bonchev–Trinajstić information content (AvgIpc) is 3.14. The first kappa shape index (κ1) is 21.8. The second-order valence-electron chi connectivity index (χ2n) is 8.09. The number of hydrogen-bond donors (Lipinski definition) is 2. The lowest BCUT2D eigenvalue weighted by molar-refractivity contribution is -0.111. The van der Waals surface area contributed by atoms with Crippen LogP contribution in [0.2, 0.25) is 0 Å². The first-order valence-electron chi connectivity index (χ1n) is 10.7. The normalized spacial score (nSPS) is 15.3.